The quantitative estimate of drug-likeness (QED) is 0.678. The maximum Gasteiger partial charge on any atom is 0.0595 e. The van der Waals surface area contributed by atoms with Gasteiger partial charge in [0.05, 0.1) is 16.7 Å². The largest absolute Gasteiger partial charge is 0.383 e. The van der Waals surface area contributed by atoms with Gasteiger partial charge in [-0.05, 0) is 36.5 Å². The third kappa shape index (κ3) is 4.10. The van der Waals surface area contributed by atoms with Crippen molar-refractivity contribution in [3.8, 4) is 0 Å². The van der Waals surface area contributed by atoms with Crippen LogP contribution in [-0.2, 0) is 10.2 Å². The molecule has 1 saturated carbocycles. The van der Waals surface area contributed by atoms with Gasteiger partial charge in [-0.15, -0.1) is 12.4 Å². The van der Waals surface area contributed by atoms with Crippen molar-refractivity contribution < 1.29 is 4.74 Å². The molecule has 1 aromatic carbocycles. The predicted molar refractivity (Wildman–Crippen MR) is 97.7 cm³/mol. The van der Waals surface area contributed by atoms with Crippen LogP contribution in [0.25, 0.3) is 0 Å². The summed E-state index contributed by atoms with van der Waals surface area (Å²) in [4.78, 5) is 0. The zero-order valence-electron chi connectivity index (χ0n) is 13.5. The van der Waals surface area contributed by atoms with Gasteiger partial charge in [0.15, 0.2) is 0 Å². The van der Waals surface area contributed by atoms with Gasteiger partial charge >= 0.3 is 0 Å². The van der Waals surface area contributed by atoms with Gasteiger partial charge in [0, 0.05) is 25.1 Å². The Bertz CT molecular complexity index is 475. The Labute approximate surface area is 150 Å². The van der Waals surface area contributed by atoms with Crippen LogP contribution in [0.5, 0.6) is 0 Å². The number of hydrogen-bond donors (Lipinski definition) is 1. The lowest BCUT2D eigenvalue weighted by molar-refractivity contribution is 0.122. The minimum Gasteiger partial charge on any atom is -0.383 e. The topological polar surface area (TPSA) is 21.3 Å². The van der Waals surface area contributed by atoms with Gasteiger partial charge in [-0.3, -0.25) is 0 Å². The highest BCUT2D eigenvalue weighted by molar-refractivity contribution is 6.42. The average Bonchev–Trinajstić information content (AvgIpc) is 2.39. The summed E-state index contributed by atoms with van der Waals surface area (Å²) in [6.45, 7) is 6.17. The van der Waals surface area contributed by atoms with Gasteiger partial charge in [-0.2, -0.15) is 0 Å². The second kappa shape index (κ2) is 8.75. The molecule has 0 heterocycles. The van der Waals surface area contributed by atoms with E-state index in [4.69, 9.17) is 27.9 Å². The van der Waals surface area contributed by atoms with Crippen molar-refractivity contribution in [3.63, 3.8) is 0 Å². The molecule has 0 bridgehead atoms. The van der Waals surface area contributed by atoms with Crippen LogP contribution in [0.3, 0.4) is 0 Å². The van der Waals surface area contributed by atoms with E-state index in [0.29, 0.717) is 22.0 Å². The highest BCUT2D eigenvalue weighted by atomic mass is 35.5. The molecule has 0 spiro atoms. The molecule has 1 N–H and O–H groups in total. The number of halogens is 3. The first-order valence-electron chi connectivity index (χ1n) is 7.69. The Kier molecular flexibility index (Phi) is 7.97. The van der Waals surface area contributed by atoms with Gasteiger partial charge in [-0.25, -0.2) is 0 Å². The second-order valence-corrected chi connectivity index (χ2v) is 7.12. The third-order valence-electron chi connectivity index (χ3n) is 4.67. The molecule has 2 rings (SSSR count). The predicted octanol–water partition coefficient (Wildman–Crippen LogP) is 5.10. The van der Waals surface area contributed by atoms with Crippen LogP contribution >= 0.6 is 35.6 Å². The summed E-state index contributed by atoms with van der Waals surface area (Å²) >= 11 is 12.3. The molecular formula is C17H26Cl3NO. The van der Waals surface area contributed by atoms with Crippen molar-refractivity contribution in [1.82, 2.24) is 5.32 Å². The summed E-state index contributed by atoms with van der Waals surface area (Å²) in [6.07, 6.45) is 3.68. The number of rotatable bonds is 7. The van der Waals surface area contributed by atoms with Crippen LogP contribution < -0.4 is 5.32 Å². The molecule has 0 amide bonds. The minimum absolute atomic E-state index is 0. The van der Waals surface area contributed by atoms with E-state index >= 15 is 0 Å². The Morgan fingerprint density at radius 3 is 2.36 bits per heavy atom. The lowest BCUT2D eigenvalue weighted by Crippen LogP contribution is -2.56. The molecule has 1 aliphatic rings. The highest BCUT2D eigenvalue weighted by Gasteiger charge is 2.46. The van der Waals surface area contributed by atoms with E-state index in [0.717, 1.165) is 13.2 Å². The number of hydrogen-bond acceptors (Lipinski definition) is 2. The van der Waals surface area contributed by atoms with Crippen molar-refractivity contribution in [3.05, 3.63) is 33.8 Å². The zero-order valence-corrected chi connectivity index (χ0v) is 15.8. The monoisotopic (exact) mass is 365 g/mol. The van der Waals surface area contributed by atoms with Crippen molar-refractivity contribution in [1.29, 1.82) is 0 Å². The molecule has 0 saturated heterocycles. The van der Waals surface area contributed by atoms with E-state index < -0.39 is 0 Å². The molecule has 22 heavy (non-hydrogen) atoms. The fraction of sp³-hybridized carbons (Fsp3) is 0.647. The Morgan fingerprint density at radius 1 is 1.23 bits per heavy atom. The Hall–Kier alpha value is 0.01000. The lowest BCUT2D eigenvalue weighted by atomic mass is 9.58. The van der Waals surface area contributed by atoms with E-state index in [1.54, 1.807) is 7.11 Å². The molecule has 2 nitrogen and oxygen atoms in total. The average molecular weight is 367 g/mol. The summed E-state index contributed by atoms with van der Waals surface area (Å²) in [5.41, 5.74) is 1.49. The summed E-state index contributed by atoms with van der Waals surface area (Å²) in [5.74, 6) is 0.552. The van der Waals surface area contributed by atoms with E-state index in [2.05, 4.69) is 31.3 Å². The molecule has 1 fully saturated rings. The standard InChI is InChI=1S/C17H25Cl2NO.ClH/c1-12(2)16(20-9-10-21-3)17(7-4-8-17)13-5-6-14(18)15(19)11-13;/h5-6,11-12,16,20H,4,7-10H2,1-3H3;1H. The molecule has 0 aliphatic heterocycles. The van der Waals surface area contributed by atoms with Crippen molar-refractivity contribution in [2.75, 3.05) is 20.3 Å². The SMILES string of the molecule is COCCNC(C(C)C)C1(c2ccc(Cl)c(Cl)c2)CCC1.Cl. The molecule has 1 aliphatic carbocycles. The second-order valence-electron chi connectivity index (χ2n) is 6.31. The molecule has 1 atom stereocenters. The Balaban J connectivity index is 0.00000242. The van der Waals surface area contributed by atoms with Crippen LogP contribution in [0.2, 0.25) is 10.0 Å². The molecule has 1 aromatic rings. The highest BCUT2D eigenvalue weighted by Crippen LogP contribution is 2.49. The number of benzene rings is 1. The fourth-order valence-corrected chi connectivity index (χ4v) is 3.83. The van der Waals surface area contributed by atoms with E-state index in [-0.39, 0.29) is 17.8 Å². The summed E-state index contributed by atoms with van der Waals surface area (Å²) < 4.78 is 5.18. The van der Waals surface area contributed by atoms with E-state index in [1.165, 1.54) is 24.8 Å². The Morgan fingerprint density at radius 2 is 1.91 bits per heavy atom. The van der Waals surface area contributed by atoms with Crippen molar-refractivity contribution >= 4 is 35.6 Å². The maximum atomic E-state index is 6.24. The summed E-state index contributed by atoms with van der Waals surface area (Å²) in [5, 5.41) is 4.98. The number of ether oxygens (including phenoxy) is 1. The fourth-order valence-electron chi connectivity index (χ4n) is 3.53. The van der Waals surface area contributed by atoms with Crippen molar-refractivity contribution in [2.24, 2.45) is 5.92 Å². The van der Waals surface area contributed by atoms with Gasteiger partial charge in [0.25, 0.3) is 0 Å². The molecular weight excluding hydrogens is 341 g/mol. The van der Waals surface area contributed by atoms with Crippen LogP contribution in [-0.4, -0.2) is 26.3 Å². The summed E-state index contributed by atoms with van der Waals surface area (Å²) in [6, 6.07) is 6.54. The summed E-state index contributed by atoms with van der Waals surface area (Å²) in [7, 11) is 1.74. The molecule has 126 valence electrons. The third-order valence-corrected chi connectivity index (χ3v) is 5.41. The minimum atomic E-state index is 0. The zero-order chi connectivity index (χ0) is 15.5. The van der Waals surface area contributed by atoms with Crippen LogP contribution in [0.15, 0.2) is 18.2 Å². The van der Waals surface area contributed by atoms with Crippen LogP contribution in [0.1, 0.15) is 38.7 Å². The molecule has 0 aromatic heterocycles. The maximum absolute atomic E-state index is 6.24. The van der Waals surface area contributed by atoms with Gasteiger partial charge in [0.1, 0.15) is 0 Å². The van der Waals surface area contributed by atoms with Gasteiger partial charge < -0.3 is 10.1 Å². The van der Waals surface area contributed by atoms with E-state index in [1.807, 2.05) is 6.07 Å². The first-order chi connectivity index (χ1) is 10.0. The molecule has 1 unspecified atom stereocenters. The molecule has 0 radical (unpaired) electrons. The molecule has 5 heteroatoms. The van der Waals surface area contributed by atoms with Crippen LogP contribution in [0.4, 0.5) is 0 Å². The van der Waals surface area contributed by atoms with Crippen molar-refractivity contribution in [2.45, 2.75) is 44.6 Å². The number of nitrogens with one attached hydrogen (secondary N) is 1. The van der Waals surface area contributed by atoms with E-state index in [9.17, 15) is 0 Å². The van der Waals surface area contributed by atoms with Gasteiger partial charge in [-0.1, -0.05) is 49.5 Å². The normalized spacial score (nSPS) is 17.7. The van der Waals surface area contributed by atoms with Gasteiger partial charge in [0.2, 0.25) is 0 Å². The van der Waals surface area contributed by atoms with Crippen LogP contribution in [0, 0.1) is 5.92 Å². The number of methoxy groups -OCH3 is 1. The smallest absolute Gasteiger partial charge is 0.0595 e. The first-order valence-corrected chi connectivity index (χ1v) is 8.44. The lowest BCUT2D eigenvalue weighted by Gasteiger charge is -2.50. The first kappa shape index (κ1) is 20.1.